The molecular formula is C18H24N4O3. The van der Waals surface area contributed by atoms with Crippen molar-refractivity contribution in [2.75, 3.05) is 34.4 Å². The molecule has 1 aromatic heterocycles. The highest BCUT2D eigenvalue weighted by molar-refractivity contribution is 5.79. The molecule has 1 heterocycles. The summed E-state index contributed by atoms with van der Waals surface area (Å²) in [5, 5.41) is 6.42. The average molecular weight is 344 g/mol. The molecule has 2 aromatic rings. The molecule has 2 N–H and O–H groups in total. The SMILES string of the molecule is CN=C(NCCOc1ccc(OC)cc1)NCc1ccc(OC)nc1. The Balaban J connectivity index is 1.68. The van der Waals surface area contributed by atoms with Gasteiger partial charge in [0.15, 0.2) is 5.96 Å². The summed E-state index contributed by atoms with van der Waals surface area (Å²) < 4.78 is 15.8. The van der Waals surface area contributed by atoms with E-state index in [1.54, 1.807) is 27.5 Å². The Kier molecular flexibility index (Phi) is 7.37. The summed E-state index contributed by atoms with van der Waals surface area (Å²) >= 11 is 0. The molecule has 0 bridgehead atoms. The van der Waals surface area contributed by atoms with E-state index in [4.69, 9.17) is 14.2 Å². The zero-order valence-electron chi connectivity index (χ0n) is 14.8. The Hall–Kier alpha value is -2.96. The summed E-state index contributed by atoms with van der Waals surface area (Å²) in [4.78, 5) is 8.35. The van der Waals surface area contributed by atoms with E-state index < -0.39 is 0 Å². The van der Waals surface area contributed by atoms with Crippen molar-refractivity contribution >= 4 is 5.96 Å². The number of rotatable bonds is 8. The van der Waals surface area contributed by atoms with E-state index in [2.05, 4.69) is 20.6 Å². The third kappa shape index (κ3) is 6.21. The molecule has 7 heteroatoms. The van der Waals surface area contributed by atoms with E-state index in [-0.39, 0.29) is 0 Å². The van der Waals surface area contributed by atoms with Gasteiger partial charge in [0, 0.05) is 25.9 Å². The van der Waals surface area contributed by atoms with Crippen LogP contribution in [0.5, 0.6) is 17.4 Å². The number of aliphatic imine (C=N–C) groups is 1. The van der Waals surface area contributed by atoms with E-state index in [0.717, 1.165) is 17.1 Å². The van der Waals surface area contributed by atoms with Gasteiger partial charge in [0.05, 0.1) is 20.8 Å². The molecular weight excluding hydrogens is 320 g/mol. The number of benzene rings is 1. The Morgan fingerprint density at radius 1 is 1.00 bits per heavy atom. The highest BCUT2D eigenvalue weighted by Gasteiger charge is 2.00. The number of pyridine rings is 1. The average Bonchev–Trinajstić information content (AvgIpc) is 2.68. The van der Waals surface area contributed by atoms with Gasteiger partial charge in [-0.3, -0.25) is 4.99 Å². The number of hydrogen-bond donors (Lipinski definition) is 2. The Labute approximate surface area is 148 Å². The largest absolute Gasteiger partial charge is 0.497 e. The lowest BCUT2D eigenvalue weighted by atomic mass is 10.3. The van der Waals surface area contributed by atoms with Gasteiger partial charge in [-0.15, -0.1) is 0 Å². The molecule has 0 aliphatic heterocycles. The van der Waals surface area contributed by atoms with Crippen LogP contribution >= 0.6 is 0 Å². The quantitative estimate of drug-likeness (QED) is 0.432. The lowest BCUT2D eigenvalue weighted by Gasteiger charge is -2.12. The molecule has 0 spiro atoms. The van der Waals surface area contributed by atoms with Crippen molar-refractivity contribution in [3.63, 3.8) is 0 Å². The molecule has 0 aliphatic carbocycles. The van der Waals surface area contributed by atoms with Crippen molar-refractivity contribution in [1.29, 1.82) is 0 Å². The van der Waals surface area contributed by atoms with Gasteiger partial charge in [0.25, 0.3) is 0 Å². The molecule has 134 valence electrons. The van der Waals surface area contributed by atoms with E-state index in [1.807, 2.05) is 36.4 Å². The van der Waals surface area contributed by atoms with Gasteiger partial charge in [-0.05, 0) is 29.8 Å². The first-order valence-corrected chi connectivity index (χ1v) is 7.95. The first-order chi connectivity index (χ1) is 12.2. The Morgan fingerprint density at radius 3 is 2.36 bits per heavy atom. The molecule has 0 radical (unpaired) electrons. The molecule has 0 unspecified atom stereocenters. The predicted molar refractivity (Wildman–Crippen MR) is 97.5 cm³/mol. The summed E-state index contributed by atoms with van der Waals surface area (Å²) in [6, 6.07) is 11.3. The molecule has 0 saturated carbocycles. The van der Waals surface area contributed by atoms with Crippen LogP contribution < -0.4 is 24.8 Å². The zero-order valence-corrected chi connectivity index (χ0v) is 14.8. The molecule has 0 fully saturated rings. The number of aromatic nitrogens is 1. The van der Waals surface area contributed by atoms with Crippen molar-refractivity contribution < 1.29 is 14.2 Å². The summed E-state index contributed by atoms with van der Waals surface area (Å²) in [5.41, 5.74) is 1.04. The minimum absolute atomic E-state index is 0.525. The number of nitrogens with one attached hydrogen (secondary N) is 2. The van der Waals surface area contributed by atoms with E-state index in [9.17, 15) is 0 Å². The van der Waals surface area contributed by atoms with Gasteiger partial charge in [-0.2, -0.15) is 0 Å². The number of nitrogens with zero attached hydrogens (tertiary/aromatic N) is 2. The topological polar surface area (TPSA) is 77.0 Å². The second-order valence-electron chi connectivity index (χ2n) is 5.09. The van der Waals surface area contributed by atoms with Gasteiger partial charge in [-0.1, -0.05) is 6.07 Å². The van der Waals surface area contributed by atoms with Gasteiger partial charge in [-0.25, -0.2) is 4.98 Å². The molecule has 25 heavy (non-hydrogen) atoms. The van der Waals surface area contributed by atoms with Crippen LogP contribution in [0.1, 0.15) is 5.56 Å². The number of methoxy groups -OCH3 is 2. The normalized spacial score (nSPS) is 10.9. The minimum atomic E-state index is 0.525. The van der Waals surface area contributed by atoms with Crippen molar-refractivity contribution in [2.24, 2.45) is 4.99 Å². The number of ether oxygens (including phenoxy) is 3. The number of guanidine groups is 1. The lowest BCUT2D eigenvalue weighted by molar-refractivity contribution is 0.321. The van der Waals surface area contributed by atoms with Gasteiger partial charge < -0.3 is 24.8 Å². The fraction of sp³-hybridized carbons (Fsp3) is 0.333. The van der Waals surface area contributed by atoms with E-state index >= 15 is 0 Å². The van der Waals surface area contributed by atoms with Crippen molar-refractivity contribution in [3.05, 3.63) is 48.2 Å². The van der Waals surface area contributed by atoms with Crippen LogP contribution in [-0.4, -0.2) is 45.4 Å². The van der Waals surface area contributed by atoms with Crippen LogP contribution in [0, 0.1) is 0 Å². The van der Waals surface area contributed by atoms with Crippen molar-refractivity contribution in [2.45, 2.75) is 6.54 Å². The second kappa shape index (κ2) is 10.0. The highest BCUT2D eigenvalue weighted by Crippen LogP contribution is 2.16. The Bertz CT molecular complexity index is 657. The molecule has 0 atom stereocenters. The molecule has 1 aromatic carbocycles. The molecule has 0 amide bonds. The van der Waals surface area contributed by atoms with Crippen LogP contribution in [0.4, 0.5) is 0 Å². The molecule has 0 saturated heterocycles. The summed E-state index contributed by atoms with van der Waals surface area (Å²) in [6.07, 6.45) is 1.77. The summed E-state index contributed by atoms with van der Waals surface area (Å²) in [7, 11) is 4.96. The van der Waals surface area contributed by atoms with Crippen LogP contribution in [-0.2, 0) is 6.54 Å². The Morgan fingerprint density at radius 2 is 1.76 bits per heavy atom. The van der Waals surface area contributed by atoms with Gasteiger partial charge in [0.2, 0.25) is 5.88 Å². The summed E-state index contributed by atoms with van der Waals surface area (Å²) in [6.45, 7) is 1.78. The van der Waals surface area contributed by atoms with E-state index in [0.29, 0.717) is 31.5 Å². The standard InChI is InChI=1S/C18H24N4O3/c1-19-18(22-13-14-4-9-17(24-3)21-12-14)20-10-11-25-16-7-5-15(23-2)6-8-16/h4-9,12H,10-11,13H2,1-3H3,(H2,19,20,22). The van der Waals surface area contributed by atoms with Crippen LogP contribution in [0.25, 0.3) is 0 Å². The third-order valence-corrected chi connectivity index (χ3v) is 3.41. The fourth-order valence-corrected chi connectivity index (χ4v) is 2.05. The van der Waals surface area contributed by atoms with Crippen LogP contribution in [0.3, 0.4) is 0 Å². The minimum Gasteiger partial charge on any atom is -0.497 e. The predicted octanol–water partition coefficient (Wildman–Crippen LogP) is 1.84. The second-order valence-corrected chi connectivity index (χ2v) is 5.09. The molecule has 0 aliphatic rings. The van der Waals surface area contributed by atoms with Crippen LogP contribution in [0.2, 0.25) is 0 Å². The number of hydrogen-bond acceptors (Lipinski definition) is 5. The third-order valence-electron chi connectivity index (χ3n) is 3.41. The zero-order chi connectivity index (χ0) is 17.9. The van der Waals surface area contributed by atoms with E-state index in [1.165, 1.54) is 0 Å². The maximum atomic E-state index is 5.66. The smallest absolute Gasteiger partial charge is 0.212 e. The first kappa shape index (κ1) is 18.4. The van der Waals surface area contributed by atoms with Crippen molar-refractivity contribution in [3.8, 4) is 17.4 Å². The first-order valence-electron chi connectivity index (χ1n) is 7.95. The fourth-order valence-electron chi connectivity index (χ4n) is 2.05. The summed E-state index contributed by atoms with van der Waals surface area (Å²) in [5.74, 6) is 2.91. The van der Waals surface area contributed by atoms with Gasteiger partial charge >= 0.3 is 0 Å². The molecule has 2 rings (SSSR count). The maximum absolute atomic E-state index is 5.66. The maximum Gasteiger partial charge on any atom is 0.212 e. The van der Waals surface area contributed by atoms with Crippen molar-refractivity contribution in [1.82, 2.24) is 15.6 Å². The molecule has 7 nitrogen and oxygen atoms in total. The van der Waals surface area contributed by atoms with Crippen LogP contribution in [0.15, 0.2) is 47.6 Å². The monoisotopic (exact) mass is 344 g/mol. The van der Waals surface area contributed by atoms with Gasteiger partial charge in [0.1, 0.15) is 18.1 Å². The lowest BCUT2D eigenvalue weighted by Crippen LogP contribution is -2.38. The highest BCUT2D eigenvalue weighted by atomic mass is 16.5.